The SMILES string of the molecule is COc1ccc(OC2CCCNC2)c(C)c1. The largest absolute Gasteiger partial charge is 0.497 e. The smallest absolute Gasteiger partial charge is 0.122 e. The van der Waals surface area contributed by atoms with Crippen LogP contribution in [0.5, 0.6) is 11.5 Å². The number of ether oxygens (including phenoxy) is 2. The van der Waals surface area contributed by atoms with Gasteiger partial charge in [0.05, 0.1) is 7.11 Å². The second kappa shape index (κ2) is 5.21. The molecule has 3 heteroatoms. The first-order valence-electron chi connectivity index (χ1n) is 5.81. The molecule has 3 nitrogen and oxygen atoms in total. The molecule has 2 rings (SSSR count). The first kappa shape index (κ1) is 11.3. The van der Waals surface area contributed by atoms with Crippen LogP contribution in [0.2, 0.25) is 0 Å². The quantitative estimate of drug-likeness (QED) is 0.848. The molecule has 1 saturated heterocycles. The van der Waals surface area contributed by atoms with E-state index in [1.165, 1.54) is 6.42 Å². The van der Waals surface area contributed by atoms with E-state index in [1.807, 2.05) is 25.1 Å². The maximum Gasteiger partial charge on any atom is 0.122 e. The molecule has 0 radical (unpaired) electrons. The lowest BCUT2D eigenvalue weighted by atomic mass is 10.1. The van der Waals surface area contributed by atoms with Crippen molar-refractivity contribution in [2.24, 2.45) is 0 Å². The first-order chi connectivity index (χ1) is 7.79. The van der Waals surface area contributed by atoms with Crippen LogP contribution < -0.4 is 14.8 Å². The average Bonchev–Trinajstić information content (AvgIpc) is 2.33. The van der Waals surface area contributed by atoms with E-state index in [2.05, 4.69) is 5.32 Å². The molecule has 1 heterocycles. The molecular formula is C13H19NO2. The van der Waals surface area contributed by atoms with E-state index in [1.54, 1.807) is 7.11 Å². The maximum atomic E-state index is 5.97. The van der Waals surface area contributed by atoms with Crippen LogP contribution in [0.1, 0.15) is 18.4 Å². The molecule has 0 amide bonds. The summed E-state index contributed by atoms with van der Waals surface area (Å²) in [6.07, 6.45) is 2.64. The molecule has 1 aromatic carbocycles. The third-order valence-corrected chi connectivity index (χ3v) is 2.93. The molecule has 1 unspecified atom stereocenters. The molecule has 1 aromatic rings. The Labute approximate surface area is 96.8 Å². The van der Waals surface area contributed by atoms with Crippen LogP contribution in [-0.4, -0.2) is 26.3 Å². The van der Waals surface area contributed by atoms with Gasteiger partial charge in [0.2, 0.25) is 0 Å². The van der Waals surface area contributed by atoms with Gasteiger partial charge in [-0.05, 0) is 50.1 Å². The minimum absolute atomic E-state index is 0.306. The van der Waals surface area contributed by atoms with E-state index >= 15 is 0 Å². The van der Waals surface area contributed by atoms with Crippen molar-refractivity contribution in [3.63, 3.8) is 0 Å². The number of rotatable bonds is 3. The van der Waals surface area contributed by atoms with Gasteiger partial charge in [0, 0.05) is 6.54 Å². The Hall–Kier alpha value is -1.22. The Morgan fingerprint density at radius 3 is 2.88 bits per heavy atom. The summed E-state index contributed by atoms with van der Waals surface area (Å²) < 4.78 is 11.1. The van der Waals surface area contributed by atoms with Crippen molar-refractivity contribution in [3.8, 4) is 11.5 Å². The summed E-state index contributed by atoms with van der Waals surface area (Å²) in [7, 11) is 1.68. The average molecular weight is 221 g/mol. The fourth-order valence-corrected chi connectivity index (χ4v) is 1.98. The van der Waals surface area contributed by atoms with Crippen LogP contribution in [-0.2, 0) is 0 Å². The van der Waals surface area contributed by atoms with Crippen LogP contribution in [0, 0.1) is 6.92 Å². The summed E-state index contributed by atoms with van der Waals surface area (Å²) in [5.74, 6) is 1.85. The standard InChI is InChI=1S/C13H19NO2/c1-10-8-11(15-2)5-6-13(10)16-12-4-3-7-14-9-12/h5-6,8,12,14H,3-4,7,9H2,1-2H3. The number of nitrogens with one attached hydrogen (secondary N) is 1. The van der Waals surface area contributed by atoms with Gasteiger partial charge in [-0.1, -0.05) is 0 Å². The van der Waals surface area contributed by atoms with Crippen molar-refractivity contribution < 1.29 is 9.47 Å². The molecule has 16 heavy (non-hydrogen) atoms. The number of hydrogen-bond acceptors (Lipinski definition) is 3. The van der Waals surface area contributed by atoms with Gasteiger partial charge in [-0.25, -0.2) is 0 Å². The summed E-state index contributed by atoms with van der Waals surface area (Å²) in [6, 6.07) is 5.94. The fraction of sp³-hybridized carbons (Fsp3) is 0.538. The van der Waals surface area contributed by atoms with Gasteiger partial charge < -0.3 is 14.8 Å². The van der Waals surface area contributed by atoms with E-state index in [9.17, 15) is 0 Å². The highest BCUT2D eigenvalue weighted by atomic mass is 16.5. The first-order valence-corrected chi connectivity index (χ1v) is 5.81. The summed E-state index contributed by atoms with van der Waals surface area (Å²) in [4.78, 5) is 0. The van der Waals surface area contributed by atoms with E-state index in [-0.39, 0.29) is 0 Å². The number of aryl methyl sites for hydroxylation is 1. The molecule has 0 bridgehead atoms. The van der Waals surface area contributed by atoms with Gasteiger partial charge in [-0.2, -0.15) is 0 Å². The number of methoxy groups -OCH3 is 1. The van der Waals surface area contributed by atoms with E-state index < -0.39 is 0 Å². The minimum atomic E-state index is 0.306. The highest BCUT2D eigenvalue weighted by Gasteiger charge is 2.15. The fourth-order valence-electron chi connectivity index (χ4n) is 1.98. The lowest BCUT2D eigenvalue weighted by Crippen LogP contribution is -2.37. The Morgan fingerprint density at radius 2 is 2.25 bits per heavy atom. The van der Waals surface area contributed by atoms with E-state index in [4.69, 9.17) is 9.47 Å². The van der Waals surface area contributed by atoms with Gasteiger partial charge in [0.15, 0.2) is 0 Å². The van der Waals surface area contributed by atoms with Crippen molar-refractivity contribution in [1.29, 1.82) is 0 Å². The molecule has 1 atom stereocenters. The second-order valence-electron chi connectivity index (χ2n) is 4.22. The van der Waals surface area contributed by atoms with Crippen LogP contribution in [0.25, 0.3) is 0 Å². The number of hydrogen-bond donors (Lipinski definition) is 1. The summed E-state index contributed by atoms with van der Waals surface area (Å²) in [5.41, 5.74) is 1.13. The van der Waals surface area contributed by atoms with Crippen molar-refractivity contribution in [2.75, 3.05) is 20.2 Å². The molecule has 0 aliphatic carbocycles. The molecule has 1 aliphatic rings. The third-order valence-electron chi connectivity index (χ3n) is 2.93. The van der Waals surface area contributed by atoms with Crippen molar-refractivity contribution in [2.45, 2.75) is 25.9 Å². The second-order valence-corrected chi connectivity index (χ2v) is 4.22. The molecule has 88 valence electrons. The normalized spacial score (nSPS) is 20.5. The van der Waals surface area contributed by atoms with Crippen molar-refractivity contribution in [1.82, 2.24) is 5.32 Å². The predicted molar refractivity (Wildman–Crippen MR) is 64.3 cm³/mol. The molecule has 1 aliphatic heterocycles. The zero-order chi connectivity index (χ0) is 11.4. The third kappa shape index (κ3) is 2.67. The molecular weight excluding hydrogens is 202 g/mol. The van der Waals surface area contributed by atoms with Crippen LogP contribution in [0.15, 0.2) is 18.2 Å². The molecule has 0 spiro atoms. The minimum Gasteiger partial charge on any atom is -0.497 e. The lowest BCUT2D eigenvalue weighted by molar-refractivity contribution is 0.166. The number of piperidine rings is 1. The summed E-state index contributed by atoms with van der Waals surface area (Å²) >= 11 is 0. The topological polar surface area (TPSA) is 30.5 Å². The van der Waals surface area contributed by atoms with E-state index in [0.29, 0.717) is 6.10 Å². The zero-order valence-electron chi connectivity index (χ0n) is 9.95. The van der Waals surface area contributed by atoms with Crippen LogP contribution in [0.3, 0.4) is 0 Å². The predicted octanol–water partition coefficient (Wildman–Crippen LogP) is 2.13. The Balaban J connectivity index is 2.03. The van der Waals surface area contributed by atoms with Crippen molar-refractivity contribution >= 4 is 0 Å². The summed E-state index contributed by atoms with van der Waals surface area (Å²) in [6.45, 7) is 4.11. The lowest BCUT2D eigenvalue weighted by Gasteiger charge is -2.24. The van der Waals surface area contributed by atoms with Crippen LogP contribution in [0.4, 0.5) is 0 Å². The van der Waals surface area contributed by atoms with Gasteiger partial charge in [-0.3, -0.25) is 0 Å². The Bertz CT molecular complexity index is 346. The molecule has 0 saturated carbocycles. The van der Waals surface area contributed by atoms with Gasteiger partial charge in [0.1, 0.15) is 17.6 Å². The zero-order valence-corrected chi connectivity index (χ0v) is 9.95. The van der Waals surface area contributed by atoms with Gasteiger partial charge in [-0.15, -0.1) is 0 Å². The van der Waals surface area contributed by atoms with E-state index in [0.717, 1.165) is 36.6 Å². The van der Waals surface area contributed by atoms with Gasteiger partial charge >= 0.3 is 0 Å². The van der Waals surface area contributed by atoms with Crippen molar-refractivity contribution in [3.05, 3.63) is 23.8 Å². The maximum absolute atomic E-state index is 5.97. The molecule has 1 fully saturated rings. The highest BCUT2D eigenvalue weighted by Crippen LogP contribution is 2.25. The number of benzene rings is 1. The van der Waals surface area contributed by atoms with Crippen LogP contribution >= 0.6 is 0 Å². The highest BCUT2D eigenvalue weighted by molar-refractivity contribution is 5.39. The Kier molecular flexibility index (Phi) is 3.67. The molecule has 1 N–H and O–H groups in total. The monoisotopic (exact) mass is 221 g/mol. The Morgan fingerprint density at radius 1 is 1.38 bits per heavy atom. The molecule has 0 aromatic heterocycles. The van der Waals surface area contributed by atoms with Gasteiger partial charge in [0.25, 0.3) is 0 Å². The summed E-state index contributed by atoms with van der Waals surface area (Å²) in [5, 5.41) is 3.35.